The number of hydrogen-bond acceptors (Lipinski definition) is 4. The van der Waals surface area contributed by atoms with E-state index >= 15 is 0 Å². The van der Waals surface area contributed by atoms with Crippen molar-refractivity contribution >= 4 is 11.8 Å². The third kappa shape index (κ3) is 11.4. The van der Waals surface area contributed by atoms with Crippen LogP contribution in [0.15, 0.2) is 23.4 Å². The lowest BCUT2D eigenvalue weighted by Gasteiger charge is -2.19. The fourth-order valence-electron chi connectivity index (χ4n) is 2.90. The van der Waals surface area contributed by atoms with Gasteiger partial charge in [0.15, 0.2) is 0 Å². The van der Waals surface area contributed by atoms with E-state index in [1.165, 1.54) is 23.3 Å². The Bertz CT molecular complexity index is 664. The maximum absolute atomic E-state index is 4.90. The first kappa shape index (κ1) is 27.7. The molecule has 0 amide bonds. The summed E-state index contributed by atoms with van der Waals surface area (Å²) in [7, 11) is 1.68. The number of rotatable bonds is 9. The van der Waals surface area contributed by atoms with Crippen molar-refractivity contribution < 1.29 is 4.74 Å². The van der Waals surface area contributed by atoms with Crippen molar-refractivity contribution in [1.82, 2.24) is 14.5 Å². The summed E-state index contributed by atoms with van der Waals surface area (Å²) in [5.41, 5.74) is 3.25. The number of hydrogen-bond donors (Lipinski definition) is 0. The minimum atomic E-state index is 0.496. The fourth-order valence-corrected chi connectivity index (χ4v) is 3.83. The SMILES string of the molecule is CC/C=C(/C)SCc1ncc(C)cn(C(CC)CCC)c(C)nc1C.CCOC. The van der Waals surface area contributed by atoms with Crippen LogP contribution in [0, 0.1) is 20.8 Å². The van der Waals surface area contributed by atoms with Gasteiger partial charge in [-0.2, -0.15) is 0 Å². The number of allylic oxidation sites excluding steroid dienone is 2. The molecule has 4 nitrogen and oxygen atoms in total. The van der Waals surface area contributed by atoms with Gasteiger partial charge in [0.25, 0.3) is 0 Å². The fraction of sp³-hybridized carbons (Fsp3) is 0.667. The Morgan fingerprint density at radius 2 is 1.86 bits per heavy atom. The molecule has 29 heavy (non-hydrogen) atoms. The first-order valence-electron chi connectivity index (χ1n) is 10.9. The van der Waals surface area contributed by atoms with Gasteiger partial charge in [0.1, 0.15) is 5.82 Å². The monoisotopic (exact) mass is 421 g/mol. The van der Waals surface area contributed by atoms with Crippen LogP contribution < -0.4 is 0 Å². The second-order valence-electron chi connectivity index (χ2n) is 7.17. The van der Waals surface area contributed by atoms with Crippen LogP contribution in [0.3, 0.4) is 0 Å². The van der Waals surface area contributed by atoms with Crippen molar-refractivity contribution in [3.63, 3.8) is 0 Å². The zero-order chi connectivity index (χ0) is 22.2. The van der Waals surface area contributed by atoms with Crippen LogP contribution >= 0.6 is 11.8 Å². The number of aryl methyl sites for hydroxylation is 3. The Kier molecular flexibility index (Phi) is 15.7. The zero-order valence-corrected chi connectivity index (χ0v) is 21.0. The first-order valence-corrected chi connectivity index (χ1v) is 11.9. The van der Waals surface area contributed by atoms with E-state index in [1.54, 1.807) is 7.11 Å². The molecule has 1 heterocycles. The Labute approximate surface area is 183 Å². The molecule has 1 atom stereocenters. The van der Waals surface area contributed by atoms with Crippen molar-refractivity contribution in [2.24, 2.45) is 0 Å². The smallest absolute Gasteiger partial charge is 0.106 e. The number of nitrogens with zero attached hydrogens (tertiary/aromatic N) is 3. The Hall–Kier alpha value is -1.33. The van der Waals surface area contributed by atoms with Crippen LogP contribution in [0.1, 0.15) is 89.1 Å². The molecule has 0 saturated carbocycles. The molecule has 1 unspecified atom stereocenters. The molecule has 1 aromatic rings. The molecule has 1 rings (SSSR count). The molecule has 0 radical (unpaired) electrons. The highest BCUT2D eigenvalue weighted by Gasteiger charge is 2.09. The third-order valence-electron chi connectivity index (χ3n) is 4.59. The predicted molar refractivity (Wildman–Crippen MR) is 129 cm³/mol. The average Bonchev–Trinajstić information content (AvgIpc) is 2.74. The summed E-state index contributed by atoms with van der Waals surface area (Å²) < 4.78 is 6.88. The number of methoxy groups -OCH3 is 1. The minimum Gasteiger partial charge on any atom is -0.385 e. The van der Waals surface area contributed by atoms with Gasteiger partial charge in [0, 0.05) is 37.9 Å². The Morgan fingerprint density at radius 3 is 2.38 bits per heavy atom. The summed E-state index contributed by atoms with van der Waals surface area (Å²) in [4.78, 5) is 11.0. The molecule has 5 heteroatoms. The van der Waals surface area contributed by atoms with E-state index in [9.17, 15) is 0 Å². The van der Waals surface area contributed by atoms with E-state index in [4.69, 9.17) is 9.97 Å². The third-order valence-corrected chi connectivity index (χ3v) is 5.63. The van der Waals surface area contributed by atoms with Crippen molar-refractivity contribution in [3.8, 4) is 0 Å². The number of ether oxygens (including phenoxy) is 1. The maximum atomic E-state index is 4.90. The summed E-state index contributed by atoms with van der Waals surface area (Å²) in [6.07, 6.45) is 11.0. The van der Waals surface area contributed by atoms with Crippen LogP contribution in [0.4, 0.5) is 0 Å². The zero-order valence-electron chi connectivity index (χ0n) is 20.2. The van der Waals surface area contributed by atoms with E-state index in [0.29, 0.717) is 6.04 Å². The lowest BCUT2D eigenvalue weighted by atomic mass is 10.1. The molecule has 0 spiro atoms. The number of thioether (sulfide) groups is 1. The van der Waals surface area contributed by atoms with E-state index in [1.807, 2.05) is 24.9 Å². The lowest BCUT2D eigenvalue weighted by Crippen LogP contribution is -2.11. The van der Waals surface area contributed by atoms with E-state index < -0.39 is 0 Å². The average molecular weight is 422 g/mol. The van der Waals surface area contributed by atoms with Gasteiger partial charge in [0.2, 0.25) is 0 Å². The highest BCUT2D eigenvalue weighted by atomic mass is 32.2. The summed E-state index contributed by atoms with van der Waals surface area (Å²) in [6.45, 7) is 17.9. The first-order chi connectivity index (χ1) is 13.8. The lowest BCUT2D eigenvalue weighted by molar-refractivity contribution is 0.215. The topological polar surface area (TPSA) is 39.9 Å². The summed E-state index contributed by atoms with van der Waals surface area (Å²) >= 11 is 1.84. The van der Waals surface area contributed by atoms with Gasteiger partial charge in [-0.1, -0.05) is 33.3 Å². The predicted octanol–water partition coefficient (Wildman–Crippen LogP) is 7.28. The molecule has 166 valence electrons. The largest absolute Gasteiger partial charge is 0.385 e. The van der Waals surface area contributed by atoms with Gasteiger partial charge < -0.3 is 9.30 Å². The van der Waals surface area contributed by atoms with Gasteiger partial charge in [-0.25, -0.2) is 4.98 Å². The van der Waals surface area contributed by atoms with Gasteiger partial charge in [-0.05, 0) is 64.3 Å². The normalized spacial score (nSPS) is 12.1. The summed E-state index contributed by atoms with van der Waals surface area (Å²) in [6, 6.07) is 0.496. The minimum absolute atomic E-state index is 0.496. The molecule has 0 aliphatic heterocycles. The molecule has 1 aromatic heterocycles. The highest BCUT2D eigenvalue weighted by Crippen LogP contribution is 2.22. The summed E-state index contributed by atoms with van der Waals surface area (Å²) in [5, 5.41) is 0. The molecule has 0 aliphatic carbocycles. The molecular weight excluding hydrogens is 378 g/mol. The van der Waals surface area contributed by atoms with Gasteiger partial charge in [-0.3, -0.25) is 4.98 Å². The number of aromatic nitrogens is 3. The van der Waals surface area contributed by atoms with Crippen LogP contribution in [-0.4, -0.2) is 28.3 Å². The maximum Gasteiger partial charge on any atom is 0.106 e. The van der Waals surface area contributed by atoms with E-state index in [2.05, 4.69) is 70.0 Å². The highest BCUT2D eigenvalue weighted by molar-refractivity contribution is 8.02. The molecule has 0 aromatic carbocycles. The van der Waals surface area contributed by atoms with E-state index in [-0.39, 0.29) is 0 Å². The van der Waals surface area contributed by atoms with Crippen molar-refractivity contribution in [3.05, 3.63) is 46.2 Å². The van der Waals surface area contributed by atoms with Crippen LogP contribution in [0.5, 0.6) is 0 Å². The molecule has 0 N–H and O–H groups in total. The standard InChI is InChI=1S/C21H35N3S.C3H8O/c1-8-11-17(5)25-15-21-18(6)23-19(7)24(14-16(4)13-22-21)20(10-3)12-9-2;1-3-4-2/h11,13-14,20H,8-10,12,15H2,1-7H3;3H2,1-2H3/b16-14?,17-11-,21-18?,22-13?,23-19?;. The van der Waals surface area contributed by atoms with Crippen molar-refractivity contribution in [2.75, 3.05) is 13.7 Å². The molecule has 0 bridgehead atoms. The molecule has 0 saturated heterocycles. The van der Waals surface area contributed by atoms with Gasteiger partial charge >= 0.3 is 0 Å². The summed E-state index contributed by atoms with van der Waals surface area (Å²) in [5.74, 6) is 1.92. The van der Waals surface area contributed by atoms with Crippen LogP contribution in [-0.2, 0) is 10.5 Å². The second-order valence-corrected chi connectivity index (χ2v) is 8.39. The quantitative estimate of drug-likeness (QED) is 0.420. The van der Waals surface area contributed by atoms with Crippen LogP contribution in [0.25, 0.3) is 0 Å². The van der Waals surface area contributed by atoms with Crippen molar-refractivity contribution in [1.29, 1.82) is 0 Å². The molecular formula is C24H43N3OS. The van der Waals surface area contributed by atoms with Gasteiger partial charge in [0.05, 0.1) is 11.4 Å². The Morgan fingerprint density at radius 1 is 1.21 bits per heavy atom. The van der Waals surface area contributed by atoms with Crippen molar-refractivity contribution in [2.45, 2.75) is 92.9 Å². The van der Waals surface area contributed by atoms with Gasteiger partial charge in [-0.15, -0.1) is 11.8 Å². The molecule has 0 fully saturated rings. The Balaban J connectivity index is 0.00000178. The second kappa shape index (κ2) is 16.5. The van der Waals surface area contributed by atoms with E-state index in [0.717, 1.165) is 42.4 Å². The van der Waals surface area contributed by atoms with Crippen LogP contribution in [0.2, 0.25) is 0 Å². The molecule has 0 aliphatic rings.